The fraction of sp³-hybridized carbons (Fsp3) is 0.400. The Kier molecular flexibility index (Phi) is 11.4. The van der Waals surface area contributed by atoms with Crippen LogP contribution in [-0.2, 0) is 35.3 Å². The van der Waals surface area contributed by atoms with Crippen LogP contribution in [0, 0.1) is 11.7 Å². The first-order valence-electron chi connectivity index (χ1n) is 18.4. The van der Waals surface area contributed by atoms with Gasteiger partial charge in [-0.05, 0) is 66.6 Å². The minimum atomic E-state index is -4.84. The zero-order valence-electron chi connectivity index (χ0n) is 30.7. The molecule has 3 aliphatic rings. The van der Waals surface area contributed by atoms with Gasteiger partial charge in [-0.3, -0.25) is 14.5 Å². The van der Waals surface area contributed by atoms with Gasteiger partial charge in [0.1, 0.15) is 17.3 Å². The van der Waals surface area contributed by atoms with Crippen LogP contribution >= 0.6 is 11.6 Å². The van der Waals surface area contributed by atoms with Crippen molar-refractivity contribution in [2.24, 2.45) is 5.92 Å². The van der Waals surface area contributed by atoms with Crippen molar-refractivity contribution in [2.75, 3.05) is 39.2 Å². The topological polar surface area (TPSA) is 138 Å². The Bertz CT molecular complexity index is 2150. The maximum atomic E-state index is 15.7. The Morgan fingerprint density at radius 2 is 1.80 bits per heavy atom. The molecule has 2 aliphatic heterocycles. The molecule has 2 fully saturated rings. The Hall–Kier alpha value is -4.99. The van der Waals surface area contributed by atoms with Crippen LogP contribution in [0.1, 0.15) is 59.8 Å². The second-order valence-electron chi connectivity index (χ2n) is 14.3. The number of alkyl halides is 3. The number of ether oxygens (including phenoxy) is 2. The quantitative estimate of drug-likeness (QED) is 0.105. The number of aromatic nitrogens is 2. The highest BCUT2D eigenvalue weighted by Gasteiger charge is 2.40. The van der Waals surface area contributed by atoms with Crippen LogP contribution in [0.25, 0.3) is 22.3 Å². The number of aliphatic carboxylic acids is 1. The van der Waals surface area contributed by atoms with Gasteiger partial charge in [-0.2, -0.15) is 18.2 Å². The van der Waals surface area contributed by atoms with Crippen molar-refractivity contribution < 1.29 is 41.7 Å². The molecular weight excluding hydrogens is 756 g/mol. The Balaban J connectivity index is 1.14. The number of fused-ring (bicyclic) bond motifs is 1. The van der Waals surface area contributed by atoms with Gasteiger partial charge in [-0.1, -0.05) is 48.0 Å². The van der Waals surface area contributed by atoms with Gasteiger partial charge in [0.05, 0.1) is 31.2 Å². The number of methoxy groups -OCH3 is 2. The molecule has 1 unspecified atom stereocenters. The smallest absolute Gasteiger partial charge is 0.437 e. The van der Waals surface area contributed by atoms with E-state index in [9.17, 15) is 27.9 Å². The summed E-state index contributed by atoms with van der Waals surface area (Å²) in [4.78, 5) is 32.9. The molecule has 1 aliphatic carbocycles. The molecule has 2 saturated heterocycles. The van der Waals surface area contributed by atoms with Crippen LogP contribution in [0.5, 0.6) is 11.6 Å². The largest absolute Gasteiger partial charge is 0.496 e. The van der Waals surface area contributed by atoms with Crippen LogP contribution < -0.4 is 25.4 Å². The summed E-state index contributed by atoms with van der Waals surface area (Å²) < 4.78 is 70.2. The SMILES string of the molecule is COc1cc(-c2cccc(-c3cccc4c3CC[C@@H]4Nc3nc(OC)c(CN4CCC(C(=O)O)C4)nc3C(F)(F)F)c2Cl)cc(F)c1CNC[C@@H]1CCC(=O)N1. The molecular formula is C40H41ClF4N6O5. The van der Waals surface area contributed by atoms with Gasteiger partial charge in [0.25, 0.3) is 0 Å². The number of halogens is 5. The molecule has 7 rings (SSSR count). The third kappa shape index (κ3) is 8.11. The van der Waals surface area contributed by atoms with Crippen LogP contribution in [0.2, 0.25) is 5.02 Å². The number of carboxylic acid groups (broad SMARTS) is 1. The zero-order valence-corrected chi connectivity index (χ0v) is 31.5. The van der Waals surface area contributed by atoms with Crippen molar-refractivity contribution in [2.45, 2.75) is 63.5 Å². The van der Waals surface area contributed by atoms with E-state index in [0.717, 1.165) is 23.1 Å². The molecule has 11 nitrogen and oxygen atoms in total. The number of anilines is 1. The van der Waals surface area contributed by atoms with E-state index in [4.69, 9.17) is 21.1 Å². The third-order valence-electron chi connectivity index (χ3n) is 10.7. The lowest BCUT2D eigenvalue weighted by atomic mass is 9.93. The molecule has 0 saturated carbocycles. The first-order valence-corrected chi connectivity index (χ1v) is 18.7. The fourth-order valence-electron chi connectivity index (χ4n) is 7.92. The van der Waals surface area contributed by atoms with Crippen LogP contribution in [0.3, 0.4) is 0 Å². The summed E-state index contributed by atoms with van der Waals surface area (Å²) in [6.07, 6.45) is -2.27. The third-order valence-corrected chi connectivity index (χ3v) is 11.1. The van der Waals surface area contributed by atoms with E-state index in [-0.39, 0.29) is 43.2 Å². The minimum absolute atomic E-state index is 0.00656. The second kappa shape index (κ2) is 16.2. The summed E-state index contributed by atoms with van der Waals surface area (Å²) in [7, 11) is 2.77. The summed E-state index contributed by atoms with van der Waals surface area (Å²) in [5, 5.41) is 18.8. The number of benzene rings is 3. The Labute approximate surface area is 325 Å². The molecule has 56 heavy (non-hydrogen) atoms. The van der Waals surface area contributed by atoms with E-state index in [1.807, 2.05) is 30.3 Å². The molecule has 3 atom stereocenters. The van der Waals surface area contributed by atoms with Crippen molar-refractivity contribution in [1.29, 1.82) is 0 Å². The number of hydrogen-bond donors (Lipinski definition) is 4. The molecule has 0 radical (unpaired) electrons. The van der Waals surface area contributed by atoms with E-state index in [0.29, 0.717) is 71.8 Å². The molecule has 3 heterocycles. The van der Waals surface area contributed by atoms with Gasteiger partial charge < -0.3 is 30.5 Å². The summed E-state index contributed by atoms with van der Waals surface area (Å²) in [5.41, 5.74) is 3.37. The number of likely N-dealkylation sites (tertiary alicyclic amines) is 1. The average molecular weight is 797 g/mol. The summed E-state index contributed by atoms with van der Waals surface area (Å²) in [6, 6.07) is 13.6. The first-order chi connectivity index (χ1) is 26.8. The van der Waals surface area contributed by atoms with Gasteiger partial charge >= 0.3 is 12.1 Å². The van der Waals surface area contributed by atoms with Crippen molar-refractivity contribution in [1.82, 2.24) is 25.5 Å². The van der Waals surface area contributed by atoms with Crippen LogP contribution in [-0.4, -0.2) is 71.7 Å². The highest BCUT2D eigenvalue weighted by atomic mass is 35.5. The van der Waals surface area contributed by atoms with E-state index < -0.39 is 41.4 Å². The molecule has 16 heteroatoms. The van der Waals surface area contributed by atoms with E-state index in [1.54, 1.807) is 17.0 Å². The minimum Gasteiger partial charge on any atom is -0.496 e. The van der Waals surface area contributed by atoms with Crippen molar-refractivity contribution >= 4 is 29.3 Å². The van der Waals surface area contributed by atoms with Gasteiger partial charge in [0.15, 0.2) is 11.5 Å². The first kappa shape index (κ1) is 39.3. The standard InChI is InChI=1S/C40H41ClF4N6O5/c1-55-33-16-22(15-30(42)29(33)18-46-17-23-9-12-34(52)47-23)24-5-3-8-28(35(24)41)25-6-4-7-27-26(25)10-11-31(27)49-37-36(40(43,44)45)48-32(38(50-37)56-2)20-51-14-13-21(19-51)39(53)54/h3-8,15-16,21,23,31,46H,9-14,17-20H2,1-2H3,(H,47,52)(H,49,50)(H,53,54)/t21?,23-,31-/m0/s1. The highest BCUT2D eigenvalue weighted by Crippen LogP contribution is 2.45. The molecule has 0 bridgehead atoms. The fourth-order valence-corrected chi connectivity index (χ4v) is 8.25. The molecule has 1 aromatic heterocycles. The lowest BCUT2D eigenvalue weighted by Crippen LogP contribution is -2.35. The number of amides is 1. The number of carboxylic acids is 1. The predicted octanol–water partition coefficient (Wildman–Crippen LogP) is 7.01. The lowest BCUT2D eigenvalue weighted by Gasteiger charge is -2.22. The van der Waals surface area contributed by atoms with E-state index in [1.165, 1.54) is 20.3 Å². The van der Waals surface area contributed by atoms with Crippen molar-refractivity contribution in [3.05, 3.63) is 87.4 Å². The van der Waals surface area contributed by atoms with Crippen LogP contribution in [0.15, 0.2) is 48.5 Å². The van der Waals surface area contributed by atoms with E-state index in [2.05, 4.69) is 25.9 Å². The number of nitrogens with zero attached hydrogens (tertiary/aromatic N) is 3. The average Bonchev–Trinajstić information content (AvgIpc) is 3.92. The molecule has 296 valence electrons. The Morgan fingerprint density at radius 3 is 2.50 bits per heavy atom. The molecule has 3 aromatic carbocycles. The second-order valence-corrected chi connectivity index (χ2v) is 14.7. The van der Waals surface area contributed by atoms with Gasteiger partial charge in [0, 0.05) is 55.3 Å². The molecule has 4 aromatic rings. The van der Waals surface area contributed by atoms with Gasteiger partial charge in [-0.15, -0.1) is 0 Å². The number of nitrogens with one attached hydrogen (secondary N) is 3. The molecule has 0 spiro atoms. The molecule has 4 N–H and O–H groups in total. The number of carbonyl (C=O) groups is 2. The number of carbonyl (C=O) groups excluding carboxylic acids is 1. The maximum Gasteiger partial charge on any atom is 0.437 e. The molecule has 1 amide bonds. The zero-order chi connectivity index (χ0) is 39.7. The van der Waals surface area contributed by atoms with Gasteiger partial charge in [0.2, 0.25) is 11.8 Å². The summed E-state index contributed by atoms with van der Waals surface area (Å²) >= 11 is 7.09. The highest BCUT2D eigenvalue weighted by molar-refractivity contribution is 6.36. The summed E-state index contributed by atoms with van der Waals surface area (Å²) in [5.74, 6) is -2.23. The lowest BCUT2D eigenvalue weighted by molar-refractivity contribution is -0.141. The van der Waals surface area contributed by atoms with Crippen LogP contribution in [0.4, 0.5) is 23.4 Å². The van der Waals surface area contributed by atoms with Crippen molar-refractivity contribution in [3.8, 4) is 33.9 Å². The number of rotatable bonds is 13. The normalized spacial score (nSPS) is 19.6. The predicted molar refractivity (Wildman–Crippen MR) is 201 cm³/mol. The van der Waals surface area contributed by atoms with E-state index >= 15 is 4.39 Å². The Morgan fingerprint density at radius 1 is 1.04 bits per heavy atom. The maximum absolute atomic E-state index is 15.7. The van der Waals surface area contributed by atoms with Crippen molar-refractivity contribution in [3.63, 3.8) is 0 Å². The van der Waals surface area contributed by atoms with Gasteiger partial charge in [-0.25, -0.2) is 9.37 Å². The monoisotopic (exact) mass is 796 g/mol. The number of hydrogen-bond acceptors (Lipinski definition) is 9. The summed E-state index contributed by atoms with van der Waals surface area (Å²) in [6.45, 7) is 1.24.